The molecule has 1 aliphatic heterocycles. The van der Waals surface area contributed by atoms with E-state index in [2.05, 4.69) is 21.5 Å². The van der Waals surface area contributed by atoms with Crippen LogP contribution in [0.1, 0.15) is 48.7 Å². The lowest BCUT2D eigenvalue weighted by Gasteiger charge is -2.27. The molecule has 2 aliphatic rings. The normalized spacial score (nSPS) is 20.7. The van der Waals surface area contributed by atoms with Gasteiger partial charge in [0.2, 0.25) is 5.91 Å². The maximum Gasteiger partial charge on any atom is 0.227 e. The third-order valence-electron chi connectivity index (χ3n) is 5.71. The number of carbonyl (C=O) groups excluding carboxylic acids is 1. The lowest BCUT2D eigenvalue weighted by molar-refractivity contribution is -0.129. The summed E-state index contributed by atoms with van der Waals surface area (Å²) in [5.74, 6) is 2.67. The summed E-state index contributed by atoms with van der Waals surface area (Å²) in [5, 5.41) is 0. The second-order valence-corrected chi connectivity index (χ2v) is 7.53. The Labute approximate surface area is 149 Å². The molecule has 1 amide bonds. The van der Waals surface area contributed by atoms with Gasteiger partial charge in [-0.25, -0.2) is 4.98 Å². The van der Waals surface area contributed by atoms with Crippen molar-refractivity contribution in [3.63, 3.8) is 0 Å². The molecule has 0 bridgehead atoms. The number of amides is 1. The van der Waals surface area contributed by atoms with E-state index in [1.54, 1.807) is 12.4 Å². The molecule has 2 aromatic heterocycles. The van der Waals surface area contributed by atoms with Crippen molar-refractivity contribution in [2.24, 2.45) is 5.92 Å². The SMILES string of the molecule is Cc1cnc(C2CCC2)n1CC1CCN(C(=O)Cc2cccnc2)C1. The van der Waals surface area contributed by atoms with Gasteiger partial charge < -0.3 is 9.47 Å². The predicted octanol–water partition coefficient (Wildman–Crippen LogP) is 2.95. The Kier molecular flexibility index (Phi) is 4.55. The fourth-order valence-electron chi connectivity index (χ4n) is 3.96. The number of rotatable bonds is 5. The topological polar surface area (TPSA) is 51.0 Å². The van der Waals surface area contributed by atoms with E-state index in [9.17, 15) is 4.79 Å². The summed E-state index contributed by atoms with van der Waals surface area (Å²) in [5.41, 5.74) is 2.25. The Morgan fingerprint density at radius 1 is 1.28 bits per heavy atom. The smallest absolute Gasteiger partial charge is 0.227 e. The second-order valence-electron chi connectivity index (χ2n) is 7.53. The van der Waals surface area contributed by atoms with E-state index in [4.69, 9.17) is 0 Å². The summed E-state index contributed by atoms with van der Waals surface area (Å²) in [4.78, 5) is 23.3. The number of aromatic nitrogens is 3. The lowest BCUT2D eigenvalue weighted by Crippen LogP contribution is -2.31. The van der Waals surface area contributed by atoms with E-state index < -0.39 is 0 Å². The maximum absolute atomic E-state index is 12.5. The van der Waals surface area contributed by atoms with E-state index in [0.717, 1.165) is 31.6 Å². The molecule has 0 spiro atoms. The Morgan fingerprint density at radius 2 is 2.16 bits per heavy atom. The van der Waals surface area contributed by atoms with Gasteiger partial charge >= 0.3 is 0 Å². The first-order chi connectivity index (χ1) is 12.2. The zero-order valence-electron chi connectivity index (χ0n) is 14.9. The van der Waals surface area contributed by atoms with Crippen molar-refractivity contribution in [2.45, 2.75) is 51.5 Å². The Morgan fingerprint density at radius 3 is 2.88 bits per heavy atom. The van der Waals surface area contributed by atoms with Crippen molar-refractivity contribution in [3.8, 4) is 0 Å². The van der Waals surface area contributed by atoms with Gasteiger partial charge in [0.1, 0.15) is 5.82 Å². The lowest BCUT2D eigenvalue weighted by atomic mass is 9.84. The summed E-state index contributed by atoms with van der Waals surface area (Å²) < 4.78 is 2.41. The Hall–Kier alpha value is -2.17. The van der Waals surface area contributed by atoms with Gasteiger partial charge in [0, 0.05) is 49.8 Å². The van der Waals surface area contributed by atoms with Crippen molar-refractivity contribution in [2.75, 3.05) is 13.1 Å². The van der Waals surface area contributed by atoms with Gasteiger partial charge in [0.15, 0.2) is 0 Å². The van der Waals surface area contributed by atoms with Crippen LogP contribution >= 0.6 is 0 Å². The Bertz CT molecular complexity index is 735. The molecule has 0 N–H and O–H groups in total. The molecule has 1 atom stereocenters. The minimum absolute atomic E-state index is 0.220. The highest BCUT2D eigenvalue weighted by molar-refractivity contribution is 5.78. The van der Waals surface area contributed by atoms with Crippen LogP contribution in [0.15, 0.2) is 30.7 Å². The molecule has 0 aromatic carbocycles. The number of hydrogen-bond acceptors (Lipinski definition) is 3. The summed E-state index contributed by atoms with van der Waals surface area (Å²) in [6.45, 7) is 4.88. The molecule has 1 unspecified atom stereocenters. The third kappa shape index (κ3) is 3.46. The number of imidazole rings is 1. The fraction of sp³-hybridized carbons (Fsp3) is 0.550. The molecule has 5 heteroatoms. The molecule has 0 radical (unpaired) electrons. The van der Waals surface area contributed by atoms with Crippen LogP contribution in [-0.2, 0) is 17.8 Å². The first kappa shape index (κ1) is 16.3. The van der Waals surface area contributed by atoms with E-state index in [1.165, 1.54) is 30.8 Å². The average Bonchev–Trinajstić information content (AvgIpc) is 3.17. The molecular weight excluding hydrogens is 312 g/mol. The predicted molar refractivity (Wildman–Crippen MR) is 96.2 cm³/mol. The summed E-state index contributed by atoms with van der Waals surface area (Å²) in [7, 11) is 0. The Balaban J connectivity index is 1.37. The molecule has 2 aromatic rings. The number of likely N-dealkylation sites (tertiary alicyclic amines) is 1. The molecule has 2 fully saturated rings. The largest absolute Gasteiger partial charge is 0.342 e. The van der Waals surface area contributed by atoms with Gasteiger partial charge in [0.05, 0.1) is 6.42 Å². The fourth-order valence-corrected chi connectivity index (χ4v) is 3.96. The number of carbonyl (C=O) groups is 1. The average molecular weight is 338 g/mol. The van der Waals surface area contributed by atoms with Gasteiger partial charge in [-0.1, -0.05) is 12.5 Å². The van der Waals surface area contributed by atoms with Crippen molar-refractivity contribution in [1.82, 2.24) is 19.4 Å². The van der Waals surface area contributed by atoms with Gasteiger partial charge in [-0.05, 0) is 43.7 Å². The van der Waals surface area contributed by atoms with Crippen LogP contribution < -0.4 is 0 Å². The summed E-state index contributed by atoms with van der Waals surface area (Å²) in [6, 6.07) is 3.86. The molecule has 5 nitrogen and oxygen atoms in total. The summed E-state index contributed by atoms with van der Waals surface area (Å²) >= 11 is 0. The van der Waals surface area contributed by atoms with Crippen LogP contribution in [0.4, 0.5) is 0 Å². The highest BCUT2D eigenvalue weighted by Gasteiger charge is 2.29. The van der Waals surface area contributed by atoms with Crippen LogP contribution in [0.2, 0.25) is 0 Å². The number of aryl methyl sites for hydroxylation is 1. The molecule has 1 saturated heterocycles. The van der Waals surface area contributed by atoms with Crippen molar-refractivity contribution < 1.29 is 4.79 Å². The van der Waals surface area contributed by atoms with Crippen molar-refractivity contribution in [1.29, 1.82) is 0 Å². The van der Waals surface area contributed by atoms with Gasteiger partial charge in [0.25, 0.3) is 0 Å². The van der Waals surface area contributed by atoms with E-state index in [1.807, 2.05) is 23.2 Å². The zero-order chi connectivity index (χ0) is 17.2. The van der Waals surface area contributed by atoms with Gasteiger partial charge in [-0.2, -0.15) is 0 Å². The molecule has 25 heavy (non-hydrogen) atoms. The molecule has 3 heterocycles. The molecule has 1 saturated carbocycles. The molecule has 1 aliphatic carbocycles. The first-order valence-electron chi connectivity index (χ1n) is 9.39. The zero-order valence-corrected chi connectivity index (χ0v) is 14.9. The number of nitrogens with zero attached hydrogens (tertiary/aromatic N) is 4. The molecule has 132 valence electrons. The first-order valence-corrected chi connectivity index (χ1v) is 9.39. The van der Waals surface area contributed by atoms with Gasteiger partial charge in [-0.15, -0.1) is 0 Å². The van der Waals surface area contributed by atoms with Crippen molar-refractivity contribution >= 4 is 5.91 Å². The monoisotopic (exact) mass is 338 g/mol. The molecule has 4 rings (SSSR count). The quantitative estimate of drug-likeness (QED) is 0.842. The minimum Gasteiger partial charge on any atom is -0.342 e. The minimum atomic E-state index is 0.220. The van der Waals surface area contributed by atoms with Crippen LogP contribution in [0.5, 0.6) is 0 Å². The maximum atomic E-state index is 12.5. The third-order valence-corrected chi connectivity index (χ3v) is 5.71. The highest BCUT2D eigenvalue weighted by atomic mass is 16.2. The molecular formula is C20H26N4O. The standard InChI is InChI=1S/C20H26N4O/c1-15-11-22-20(18-5-2-6-18)24(15)14-17-7-9-23(13-17)19(25)10-16-4-3-8-21-12-16/h3-4,8,11-12,17-18H,2,5-7,9-10,13-14H2,1H3. The highest BCUT2D eigenvalue weighted by Crippen LogP contribution is 2.36. The van der Waals surface area contributed by atoms with Crippen molar-refractivity contribution in [3.05, 3.63) is 47.8 Å². The van der Waals surface area contributed by atoms with Crippen LogP contribution in [0.25, 0.3) is 0 Å². The second kappa shape index (κ2) is 6.98. The van der Waals surface area contributed by atoms with Gasteiger partial charge in [-0.3, -0.25) is 9.78 Å². The van der Waals surface area contributed by atoms with Crippen LogP contribution in [-0.4, -0.2) is 38.4 Å². The van der Waals surface area contributed by atoms with E-state index >= 15 is 0 Å². The van der Waals surface area contributed by atoms with E-state index in [-0.39, 0.29) is 5.91 Å². The van der Waals surface area contributed by atoms with Crippen LogP contribution in [0.3, 0.4) is 0 Å². The van der Waals surface area contributed by atoms with Crippen LogP contribution in [0, 0.1) is 12.8 Å². The van der Waals surface area contributed by atoms with E-state index in [0.29, 0.717) is 18.3 Å². The summed E-state index contributed by atoms with van der Waals surface area (Å²) in [6.07, 6.45) is 11.0. The number of pyridine rings is 1. The number of hydrogen-bond donors (Lipinski definition) is 0.